The van der Waals surface area contributed by atoms with Gasteiger partial charge in [-0.15, -0.1) is 0 Å². The van der Waals surface area contributed by atoms with Gasteiger partial charge in [-0.2, -0.15) is 0 Å². The van der Waals surface area contributed by atoms with Crippen LogP contribution in [0.2, 0.25) is 36.3 Å². The number of allylic oxidation sites excluding steroid dienone is 1. The molecule has 0 radical (unpaired) electrons. The average Bonchev–Trinajstić information content (AvgIpc) is 2.81. The van der Waals surface area contributed by atoms with Crippen LogP contribution in [0.15, 0.2) is 59.7 Å². The van der Waals surface area contributed by atoms with Crippen molar-refractivity contribution in [3.05, 3.63) is 70.8 Å². The van der Waals surface area contributed by atoms with E-state index in [0.717, 1.165) is 48.3 Å². The van der Waals surface area contributed by atoms with Crippen LogP contribution < -0.4 is 14.0 Å². The molecule has 0 N–H and O–H groups in total. The molecule has 2 aromatic rings. The summed E-state index contributed by atoms with van der Waals surface area (Å²) < 4.78 is 13.6. The Labute approximate surface area is 239 Å². The third-order valence-corrected chi connectivity index (χ3v) is 18.0. The molecule has 0 bridgehead atoms. The van der Waals surface area contributed by atoms with Gasteiger partial charge in [-0.25, -0.2) is 0 Å². The lowest BCUT2D eigenvalue weighted by molar-refractivity contribution is -0.299. The second-order valence-corrected chi connectivity index (χ2v) is 23.7. The molecule has 0 unspecified atom stereocenters. The van der Waals surface area contributed by atoms with E-state index in [0.29, 0.717) is 17.9 Å². The van der Waals surface area contributed by atoms with Crippen LogP contribution >= 0.6 is 0 Å². The number of hydrogen-bond acceptors (Lipinski definition) is 4. The summed E-state index contributed by atoms with van der Waals surface area (Å²) >= 11 is 0. The second kappa shape index (κ2) is 11.7. The summed E-state index contributed by atoms with van der Waals surface area (Å²) in [7, 11) is -4.09. The van der Waals surface area contributed by atoms with Crippen molar-refractivity contribution in [3.63, 3.8) is 0 Å². The van der Waals surface area contributed by atoms with Crippen molar-refractivity contribution in [2.45, 2.75) is 116 Å². The van der Waals surface area contributed by atoms with E-state index in [1.807, 2.05) is 30.3 Å². The molecule has 4 nitrogen and oxygen atoms in total. The molecule has 1 aliphatic rings. The van der Waals surface area contributed by atoms with Gasteiger partial charge < -0.3 is 18.8 Å². The number of benzene rings is 2. The van der Waals surface area contributed by atoms with Crippen molar-refractivity contribution >= 4 is 22.6 Å². The molecule has 0 saturated heterocycles. The van der Waals surface area contributed by atoms with E-state index in [9.17, 15) is 9.90 Å². The second-order valence-electron chi connectivity index (χ2n) is 14.2. The van der Waals surface area contributed by atoms with Gasteiger partial charge in [-0.05, 0) is 97.1 Å². The van der Waals surface area contributed by atoms with E-state index in [2.05, 4.69) is 85.9 Å². The van der Waals surface area contributed by atoms with Crippen molar-refractivity contribution in [3.8, 4) is 11.5 Å². The summed E-state index contributed by atoms with van der Waals surface area (Å²) in [5, 5.41) is 12.3. The highest BCUT2D eigenvalue weighted by molar-refractivity contribution is 6.75. The predicted octanol–water partition coefficient (Wildman–Crippen LogP) is 8.40. The first-order valence-electron chi connectivity index (χ1n) is 14.4. The highest BCUT2D eigenvalue weighted by Crippen LogP contribution is 2.46. The highest BCUT2D eigenvalue weighted by Gasteiger charge is 2.41. The maximum absolute atomic E-state index is 12.1. The van der Waals surface area contributed by atoms with Gasteiger partial charge in [0.15, 0.2) is 0 Å². The molecule has 0 amide bonds. The minimum absolute atomic E-state index is 0.0733. The van der Waals surface area contributed by atoms with Crippen LogP contribution in [0.4, 0.5) is 0 Å². The molecule has 3 rings (SSSR count). The fourth-order valence-electron chi connectivity index (χ4n) is 4.60. The zero-order chi connectivity index (χ0) is 29.2. The lowest BCUT2D eigenvalue weighted by Crippen LogP contribution is -2.44. The van der Waals surface area contributed by atoms with Gasteiger partial charge in [0, 0.05) is 6.07 Å². The maximum atomic E-state index is 12.1. The molecule has 0 heterocycles. The molecule has 214 valence electrons. The fraction of sp³-hybridized carbons (Fsp3) is 0.545. The smallest absolute Gasteiger partial charge is 0.250 e. The van der Waals surface area contributed by atoms with E-state index in [4.69, 9.17) is 8.85 Å². The quantitative estimate of drug-likeness (QED) is 0.238. The van der Waals surface area contributed by atoms with Gasteiger partial charge in [-0.1, -0.05) is 83.5 Å². The van der Waals surface area contributed by atoms with Gasteiger partial charge in [0.1, 0.15) is 11.5 Å². The van der Waals surface area contributed by atoms with Crippen LogP contribution in [0.1, 0.15) is 84.3 Å². The van der Waals surface area contributed by atoms with E-state index in [1.165, 1.54) is 5.56 Å². The van der Waals surface area contributed by atoms with Crippen molar-refractivity contribution in [1.82, 2.24) is 0 Å². The molecule has 39 heavy (non-hydrogen) atoms. The van der Waals surface area contributed by atoms with Gasteiger partial charge in [0.25, 0.3) is 0 Å². The molecule has 6 heteroatoms. The molecule has 1 fully saturated rings. The lowest BCUT2D eigenvalue weighted by atomic mass is 9.79. The topological polar surface area (TPSA) is 58.6 Å². The van der Waals surface area contributed by atoms with Crippen molar-refractivity contribution in [2.75, 3.05) is 0 Å². The number of hydrogen-bond donors (Lipinski definition) is 0. The van der Waals surface area contributed by atoms with Crippen molar-refractivity contribution in [2.24, 2.45) is 0 Å². The largest absolute Gasteiger partial charge is 0.545 e. The molecule has 0 aromatic heterocycles. The Bertz CT molecular complexity index is 1170. The van der Waals surface area contributed by atoms with Crippen LogP contribution in [0.25, 0.3) is 0 Å². The maximum Gasteiger partial charge on any atom is 0.250 e. The Hall–Kier alpha value is -2.32. The van der Waals surface area contributed by atoms with Crippen LogP contribution in [0.5, 0.6) is 11.5 Å². The number of rotatable bonds is 8. The summed E-state index contributed by atoms with van der Waals surface area (Å²) in [6.07, 6.45) is 3.75. The van der Waals surface area contributed by atoms with Crippen LogP contribution in [0.3, 0.4) is 0 Å². The number of aliphatic carboxylic acids is 1. The first-order chi connectivity index (χ1) is 17.9. The Balaban J connectivity index is 1.91. The van der Waals surface area contributed by atoms with Gasteiger partial charge >= 0.3 is 0 Å². The monoisotopic (exact) mass is 565 g/mol. The SMILES string of the molecule is CC(C)(C)[Si](C)(C)Oc1ccc(C2CCC(=C(Cc3ccccc3)C(=O)[O-])CC2)c(O[Si](C)(C)C(C)(C)C)c1. The standard InChI is InChI=1S/C33H50O4Si2/c1-32(2,3)38(7,8)36-27-20-21-28(30(23-27)37-39(9,10)33(4,5)6)25-16-18-26(19-17-25)29(31(34)35)22-24-14-12-11-13-15-24/h11-15,20-21,23,25H,16-19,22H2,1-10H3,(H,34,35)/p-1. The van der Waals surface area contributed by atoms with E-state index in [-0.39, 0.29) is 10.1 Å². The Morgan fingerprint density at radius 3 is 1.90 bits per heavy atom. The molecular weight excluding hydrogens is 517 g/mol. The normalized spacial score (nSPS) is 17.1. The summed E-state index contributed by atoms with van der Waals surface area (Å²) in [6, 6.07) is 16.3. The summed E-state index contributed by atoms with van der Waals surface area (Å²) in [5.74, 6) is 1.11. The Morgan fingerprint density at radius 1 is 0.846 bits per heavy atom. The minimum atomic E-state index is -2.09. The molecule has 1 saturated carbocycles. The summed E-state index contributed by atoms with van der Waals surface area (Å²) in [4.78, 5) is 12.1. The fourth-order valence-corrected chi connectivity index (χ4v) is 6.66. The third-order valence-electron chi connectivity index (χ3n) is 9.26. The van der Waals surface area contributed by atoms with Crippen molar-refractivity contribution in [1.29, 1.82) is 0 Å². The van der Waals surface area contributed by atoms with Gasteiger partial charge in [-0.3, -0.25) is 0 Å². The summed E-state index contributed by atoms with van der Waals surface area (Å²) in [5.41, 5.74) is 3.71. The van der Waals surface area contributed by atoms with Gasteiger partial charge in [0.05, 0.1) is 5.97 Å². The molecule has 0 atom stereocenters. The summed E-state index contributed by atoms with van der Waals surface area (Å²) in [6.45, 7) is 22.7. The Kier molecular flexibility index (Phi) is 9.33. The zero-order valence-electron chi connectivity index (χ0n) is 25.9. The number of carbonyl (C=O) groups is 1. The third kappa shape index (κ3) is 7.66. The number of carboxylic acids is 1. The first kappa shape index (κ1) is 31.2. The first-order valence-corrected chi connectivity index (χ1v) is 20.2. The van der Waals surface area contributed by atoms with E-state index >= 15 is 0 Å². The number of carbonyl (C=O) groups excluding carboxylic acids is 1. The average molecular weight is 566 g/mol. The van der Waals surface area contributed by atoms with Crippen molar-refractivity contribution < 1.29 is 18.8 Å². The highest BCUT2D eigenvalue weighted by atomic mass is 28.4. The predicted molar refractivity (Wildman–Crippen MR) is 165 cm³/mol. The molecular formula is C33H49O4Si2-. The van der Waals surface area contributed by atoms with E-state index < -0.39 is 22.6 Å². The molecule has 0 aliphatic heterocycles. The van der Waals surface area contributed by atoms with E-state index in [1.54, 1.807) is 0 Å². The lowest BCUT2D eigenvalue weighted by Gasteiger charge is -2.39. The van der Waals surface area contributed by atoms with Gasteiger partial charge in [0.2, 0.25) is 16.6 Å². The van der Waals surface area contributed by atoms with Crippen LogP contribution in [0, 0.1) is 0 Å². The molecule has 2 aromatic carbocycles. The Morgan fingerprint density at radius 2 is 1.38 bits per heavy atom. The van der Waals surface area contributed by atoms with Crippen LogP contribution in [-0.2, 0) is 11.2 Å². The molecule has 1 aliphatic carbocycles. The molecule has 0 spiro atoms. The minimum Gasteiger partial charge on any atom is -0.545 e. The number of carboxylic acid groups (broad SMARTS) is 1. The zero-order valence-corrected chi connectivity index (χ0v) is 27.9. The van der Waals surface area contributed by atoms with Crippen LogP contribution in [-0.4, -0.2) is 22.6 Å².